The molecule has 0 spiro atoms. The van der Waals surface area contributed by atoms with Crippen LogP contribution in [-0.4, -0.2) is 49.0 Å². The fourth-order valence-corrected chi connectivity index (χ4v) is 3.79. The van der Waals surface area contributed by atoms with Gasteiger partial charge in [-0.3, -0.25) is 9.59 Å². The van der Waals surface area contributed by atoms with Crippen LogP contribution in [0.25, 0.3) is 0 Å². The maximum atomic E-state index is 13.2. The average Bonchev–Trinajstić information content (AvgIpc) is 2.80. The summed E-state index contributed by atoms with van der Waals surface area (Å²) in [6.07, 6.45) is 2.67. The quantitative estimate of drug-likeness (QED) is 0.517. The fraction of sp³-hybridized carbons (Fsp3) is 0.423. The van der Waals surface area contributed by atoms with Crippen LogP contribution in [0, 0.1) is 0 Å². The van der Waals surface area contributed by atoms with Crippen LogP contribution in [0.15, 0.2) is 54.6 Å². The lowest BCUT2D eigenvalue weighted by Gasteiger charge is -2.23. The third-order valence-corrected chi connectivity index (χ3v) is 5.97. The molecule has 0 saturated heterocycles. The largest absolute Gasteiger partial charge is 0.467 e. The third kappa shape index (κ3) is 8.24. The lowest BCUT2D eigenvalue weighted by Crippen LogP contribution is -2.52. The van der Waals surface area contributed by atoms with Crippen LogP contribution in [0.1, 0.15) is 48.7 Å². The van der Waals surface area contributed by atoms with Crippen molar-refractivity contribution in [2.24, 2.45) is 0 Å². The molecule has 7 heteroatoms. The molecule has 0 aliphatic rings. The van der Waals surface area contributed by atoms with Crippen molar-refractivity contribution < 1.29 is 19.1 Å². The minimum absolute atomic E-state index is 0.0234. The molecule has 0 bridgehead atoms. The summed E-state index contributed by atoms with van der Waals surface area (Å²) >= 11 is 1.58. The van der Waals surface area contributed by atoms with Crippen LogP contribution in [0.5, 0.6) is 0 Å². The topological polar surface area (TPSA) is 84.5 Å². The second-order valence-corrected chi connectivity index (χ2v) is 9.89. The highest BCUT2D eigenvalue weighted by Gasteiger charge is 2.27. The minimum Gasteiger partial charge on any atom is -0.467 e. The van der Waals surface area contributed by atoms with Gasteiger partial charge in [0.2, 0.25) is 5.91 Å². The molecular formula is C26H34N2O4S. The van der Waals surface area contributed by atoms with Crippen LogP contribution in [0.2, 0.25) is 0 Å². The number of nitrogens with one attached hydrogen (secondary N) is 2. The number of benzene rings is 2. The molecule has 2 aromatic carbocycles. The number of methoxy groups -OCH3 is 1. The number of amides is 2. The number of hydrogen-bond acceptors (Lipinski definition) is 5. The molecule has 0 aliphatic heterocycles. The second-order valence-electron chi connectivity index (χ2n) is 8.91. The Bertz CT molecular complexity index is 924. The van der Waals surface area contributed by atoms with Gasteiger partial charge in [0.25, 0.3) is 5.91 Å². The molecule has 2 amide bonds. The van der Waals surface area contributed by atoms with Crippen LogP contribution in [0.4, 0.5) is 0 Å². The van der Waals surface area contributed by atoms with Gasteiger partial charge in [0.15, 0.2) is 0 Å². The first-order chi connectivity index (χ1) is 15.7. The van der Waals surface area contributed by atoms with E-state index in [1.807, 2.05) is 48.7 Å². The first-order valence-corrected chi connectivity index (χ1v) is 12.4. The van der Waals surface area contributed by atoms with E-state index in [2.05, 4.69) is 31.4 Å². The number of hydrogen-bond donors (Lipinski definition) is 2. The van der Waals surface area contributed by atoms with Crippen LogP contribution in [0.3, 0.4) is 0 Å². The summed E-state index contributed by atoms with van der Waals surface area (Å²) in [5.41, 5.74) is 2.47. The predicted molar refractivity (Wildman–Crippen MR) is 133 cm³/mol. The summed E-state index contributed by atoms with van der Waals surface area (Å²) in [4.78, 5) is 38.3. The van der Waals surface area contributed by atoms with Crippen LogP contribution < -0.4 is 10.6 Å². The number of thioether (sulfide) groups is 1. The van der Waals surface area contributed by atoms with Crippen LogP contribution >= 0.6 is 11.8 Å². The summed E-state index contributed by atoms with van der Waals surface area (Å²) in [5, 5.41) is 5.62. The molecule has 0 radical (unpaired) electrons. The van der Waals surface area contributed by atoms with E-state index in [1.165, 1.54) is 7.11 Å². The summed E-state index contributed by atoms with van der Waals surface area (Å²) in [7, 11) is 1.30. The number of carbonyl (C=O) groups excluding carboxylic acids is 3. The van der Waals surface area contributed by atoms with Gasteiger partial charge in [0.1, 0.15) is 12.1 Å². The lowest BCUT2D eigenvalue weighted by atomic mass is 9.86. The maximum absolute atomic E-state index is 13.2. The Balaban J connectivity index is 2.21. The number of rotatable bonds is 10. The van der Waals surface area contributed by atoms with Gasteiger partial charge in [-0.15, -0.1) is 0 Å². The first-order valence-electron chi connectivity index (χ1n) is 11.0. The van der Waals surface area contributed by atoms with Crippen molar-refractivity contribution in [3.05, 3.63) is 71.3 Å². The standard InChI is InChI=1S/C26H34N2O4S/c1-26(2,3)20-13-11-19(12-14-20)23(29)28-22(17-18-9-7-6-8-10-18)24(30)27-21(15-16-33-5)25(31)32-4/h6-14,21-22H,15-17H2,1-5H3,(H,27,30)(H,28,29). The Labute approximate surface area is 200 Å². The summed E-state index contributed by atoms with van der Waals surface area (Å²) in [6.45, 7) is 6.32. The van der Waals surface area contributed by atoms with Gasteiger partial charge in [-0.25, -0.2) is 4.79 Å². The first kappa shape index (κ1) is 26.5. The number of esters is 1. The molecule has 6 nitrogen and oxygen atoms in total. The van der Waals surface area contributed by atoms with E-state index in [4.69, 9.17) is 4.74 Å². The molecule has 2 N–H and O–H groups in total. The lowest BCUT2D eigenvalue weighted by molar-refractivity contribution is -0.145. The zero-order chi connectivity index (χ0) is 24.4. The zero-order valence-electron chi connectivity index (χ0n) is 20.0. The molecular weight excluding hydrogens is 436 g/mol. The van der Waals surface area contributed by atoms with E-state index in [1.54, 1.807) is 23.9 Å². The van der Waals surface area contributed by atoms with Crippen molar-refractivity contribution in [2.75, 3.05) is 19.1 Å². The minimum atomic E-state index is -0.844. The Morgan fingerprint density at radius 3 is 2.12 bits per heavy atom. The van der Waals surface area contributed by atoms with Gasteiger partial charge in [-0.1, -0.05) is 63.2 Å². The monoisotopic (exact) mass is 470 g/mol. The normalized spacial score (nSPS) is 13.0. The highest BCUT2D eigenvalue weighted by Crippen LogP contribution is 2.22. The van der Waals surface area contributed by atoms with Gasteiger partial charge in [0, 0.05) is 12.0 Å². The summed E-state index contributed by atoms with van der Waals surface area (Å²) < 4.78 is 4.85. The van der Waals surface area contributed by atoms with E-state index in [9.17, 15) is 14.4 Å². The highest BCUT2D eigenvalue weighted by atomic mass is 32.2. The van der Waals surface area contributed by atoms with Crippen molar-refractivity contribution in [1.29, 1.82) is 0 Å². The number of carbonyl (C=O) groups is 3. The smallest absolute Gasteiger partial charge is 0.328 e. The van der Waals surface area contributed by atoms with E-state index < -0.39 is 24.0 Å². The molecule has 33 heavy (non-hydrogen) atoms. The molecule has 0 aliphatic carbocycles. The average molecular weight is 471 g/mol. The Morgan fingerprint density at radius 2 is 1.58 bits per heavy atom. The van der Waals surface area contributed by atoms with Crippen LogP contribution in [-0.2, 0) is 26.2 Å². The molecule has 178 valence electrons. The third-order valence-electron chi connectivity index (χ3n) is 5.33. The fourth-order valence-electron chi connectivity index (χ4n) is 3.32. The predicted octanol–water partition coefficient (Wildman–Crippen LogP) is 3.74. The van der Waals surface area contributed by atoms with Gasteiger partial charge in [-0.05, 0) is 47.1 Å². The molecule has 0 heterocycles. The van der Waals surface area contributed by atoms with Gasteiger partial charge >= 0.3 is 5.97 Å². The highest BCUT2D eigenvalue weighted by molar-refractivity contribution is 7.98. The Kier molecular flexibility index (Phi) is 9.97. The van der Waals surface area contributed by atoms with Gasteiger partial charge in [-0.2, -0.15) is 11.8 Å². The molecule has 2 unspecified atom stereocenters. The van der Waals surface area contributed by atoms with Crippen molar-refractivity contribution >= 4 is 29.5 Å². The second kappa shape index (κ2) is 12.4. The molecule has 2 atom stereocenters. The molecule has 0 fully saturated rings. The molecule has 0 saturated carbocycles. The van der Waals surface area contributed by atoms with E-state index in [0.717, 1.165) is 11.1 Å². The van der Waals surface area contributed by atoms with E-state index in [-0.39, 0.29) is 11.3 Å². The van der Waals surface area contributed by atoms with Gasteiger partial charge < -0.3 is 15.4 Å². The summed E-state index contributed by atoms with van der Waals surface area (Å²) in [6, 6.07) is 15.2. The molecule has 0 aromatic heterocycles. The van der Waals surface area contributed by atoms with Gasteiger partial charge in [0.05, 0.1) is 7.11 Å². The van der Waals surface area contributed by atoms with Crippen molar-refractivity contribution in [3.8, 4) is 0 Å². The van der Waals surface area contributed by atoms with Crippen molar-refractivity contribution in [3.63, 3.8) is 0 Å². The SMILES string of the molecule is COC(=O)C(CCSC)NC(=O)C(Cc1ccccc1)NC(=O)c1ccc(C(C)(C)C)cc1. The molecule has 2 aromatic rings. The van der Waals surface area contributed by atoms with E-state index >= 15 is 0 Å². The number of ether oxygens (including phenoxy) is 1. The Hall–Kier alpha value is -2.80. The van der Waals surface area contributed by atoms with Crippen molar-refractivity contribution in [1.82, 2.24) is 10.6 Å². The van der Waals surface area contributed by atoms with Crippen molar-refractivity contribution in [2.45, 2.75) is 51.1 Å². The zero-order valence-corrected chi connectivity index (χ0v) is 20.8. The summed E-state index contributed by atoms with van der Waals surface area (Å²) in [5.74, 6) is -0.573. The molecule has 2 rings (SSSR count). The Morgan fingerprint density at radius 1 is 0.939 bits per heavy atom. The maximum Gasteiger partial charge on any atom is 0.328 e. The van der Waals surface area contributed by atoms with E-state index in [0.29, 0.717) is 24.2 Å².